The summed E-state index contributed by atoms with van der Waals surface area (Å²) in [4.78, 5) is 11.2. The van der Waals surface area contributed by atoms with Gasteiger partial charge in [0.15, 0.2) is 17.5 Å². The predicted octanol–water partition coefficient (Wildman–Crippen LogP) is 3.01. The third-order valence-corrected chi connectivity index (χ3v) is 4.83. The molecule has 0 bridgehead atoms. The van der Waals surface area contributed by atoms with E-state index in [1.165, 1.54) is 0 Å². The Hall–Kier alpha value is -2.27. The number of rotatable bonds is 4. The number of morpholine rings is 1. The van der Waals surface area contributed by atoms with Crippen molar-refractivity contribution in [2.45, 2.75) is 26.0 Å². The topological polar surface area (TPSA) is 94.2 Å². The normalized spacial score (nSPS) is 18.9. The summed E-state index contributed by atoms with van der Waals surface area (Å²) in [6.45, 7) is 6.30. The Morgan fingerprint density at radius 1 is 1.20 bits per heavy atom. The molecule has 2 aliphatic rings. The molecule has 1 atom stereocenters. The summed E-state index contributed by atoms with van der Waals surface area (Å²) in [6.07, 6.45) is 2.95. The van der Waals surface area contributed by atoms with Gasteiger partial charge in [0.05, 0.1) is 32.5 Å². The van der Waals surface area contributed by atoms with E-state index in [0.29, 0.717) is 25.7 Å². The lowest BCUT2D eigenvalue weighted by Gasteiger charge is -2.32. The summed E-state index contributed by atoms with van der Waals surface area (Å²) >= 11 is 0. The first-order chi connectivity index (χ1) is 14.2. The first-order valence-electron chi connectivity index (χ1n) is 9.95. The number of nitrogens with zero attached hydrogens (tertiary/aromatic N) is 3. The van der Waals surface area contributed by atoms with Gasteiger partial charge in [-0.3, -0.25) is 0 Å². The van der Waals surface area contributed by atoms with Crippen LogP contribution in [0.5, 0.6) is 11.5 Å². The zero-order valence-electron chi connectivity index (χ0n) is 17.0. The molecule has 1 aromatic carbocycles. The standard InChI is InChI=1S/C21H27N5O3.HI/c1-15-14-26(7-10-27-15)20-6-3-16(12-23-20)13-24-21(22)25-17-4-5-18-19(11-17)29-9-2-8-28-18;/h3-6,11-12,15H,2,7-10,13-14H2,1H3,(H3,22,24,25);1H. The van der Waals surface area contributed by atoms with Gasteiger partial charge in [0.25, 0.3) is 0 Å². The molecule has 4 rings (SSSR count). The second-order valence-electron chi connectivity index (χ2n) is 7.19. The highest BCUT2D eigenvalue weighted by Crippen LogP contribution is 2.32. The Morgan fingerprint density at radius 3 is 2.80 bits per heavy atom. The third kappa shape index (κ3) is 5.88. The van der Waals surface area contributed by atoms with Crippen LogP contribution in [0.1, 0.15) is 18.9 Å². The van der Waals surface area contributed by atoms with E-state index in [1.54, 1.807) is 0 Å². The highest BCUT2D eigenvalue weighted by atomic mass is 127. The van der Waals surface area contributed by atoms with Crippen LogP contribution in [0.3, 0.4) is 0 Å². The Balaban J connectivity index is 0.00000256. The molecule has 162 valence electrons. The first kappa shape index (κ1) is 22.4. The predicted molar refractivity (Wildman–Crippen MR) is 128 cm³/mol. The molecule has 2 aromatic rings. The number of pyridine rings is 1. The maximum absolute atomic E-state index is 6.05. The molecule has 1 unspecified atom stereocenters. The molecule has 2 aliphatic heterocycles. The lowest BCUT2D eigenvalue weighted by molar-refractivity contribution is 0.0529. The van der Waals surface area contributed by atoms with E-state index in [4.69, 9.17) is 19.9 Å². The van der Waals surface area contributed by atoms with E-state index in [-0.39, 0.29) is 30.1 Å². The largest absolute Gasteiger partial charge is 0.490 e. The highest BCUT2D eigenvalue weighted by molar-refractivity contribution is 14.0. The zero-order valence-corrected chi connectivity index (χ0v) is 19.4. The van der Waals surface area contributed by atoms with Crippen molar-refractivity contribution < 1.29 is 14.2 Å². The number of hydrogen-bond donors (Lipinski definition) is 2. The van der Waals surface area contributed by atoms with E-state index in [1.807, 2.05) is 36.5 Å². The Kier molecular flexibility index (Phi) is 7.97. The molecule has 9 heteroatoms. The van der Waals surface area contributed by atoms with Crippen LogP contribution in [-0.2, 0) is 11.3 Å². The van der Waals surface area contributed by atoms with Gasteiger partial charge in [-0.05, 0) is 30.7 Å². The molecule has 1 fully saturated rings. The molecule has 0 aliphatic carbocycles. The lowest BCUT2D eigenvalue weighted by atomic mass is 10.2. The van der Waals surface area contributed by atoms with Gasteiger partial charge in [-0.1, -0.05) is 6.07 Å². The number of benzene rings is 1. The van der Waals surface area contributed by atoms with Gasteiger partial charge in [-0.25, -0.2) is 9.98 Å². The summed E-state index contributed by atoms with van der Waals surface area (Å²) in [5.74, 6) is 2.78. The number of anilines is 2. The van der Waals surface area contributed by atoms with Crippen LogP contribution in [0.2, 0.25) is 0 Å². The molecule has 3 N–H and O–H groups in total. The van der Waals surface area contributed by atoms with Crippen molar-refractivity contribution in [1.82, 2.24) is 4.98 Å². The average Bonchev–Trinajstić information content (AvgIpc) is 2.98. The number of aromatic nitrogens is 1. The molecule has 30 heavy (non-hydrogen) atoms. The van der Waals surface area contributed by atoms with Gasteiger partial charge in [-0.15, -0.1) is 24.0 Å². The van der Waals surface area contributed by atoms with Crippen LogP contribution in [-0.4, -0.2) is 50.0 Å². The molecular formula is C21H28IN5O3. The fourth-order valence-corrected chi connectivity index (χ4v) is 3.33. The van der Waals surface area contributed by atoms with E-state index in [2.05, 4.69) is 27.1 Å². The third-order valence-electron chi connectivity index (χ3n) is 4.83. The fourth-order valence-electron chi connectivity index (χ4n) is 3.33. The van der Waals surface area contributed by atoms with Gasteiger partial charge < -0.3 is 30.2 Å². The maximum Gasteiger partial charge on any atom is 0.193 e. The van der Waals surface area contributed by atoms with Gasteiger partial charge >= 0.3 is 0 Å². The number of halogens is 1. The minimum atomic E-state index is 0. The molecule has 1 aromatic heterocycles. The number of fused-ring (bicyclic) bond motifs is 1. The molecule has 0 radical (unpaired) electrons. The summed E-state index contributed by atoms with van der Waals surface area (Å²) < 4.78 is 16.9. The van der Waals surface area contributed by atoms with Crippen molar-refractivity contribution in [1.29, 1.82) is 0 Å². The molecule has 1 saturated heterocycles. The van der Waals surface area contributed by atoms with Gasteiger partial charge in [0.1, 0.15) is 5.82 Å². The van der Waals surface area contributed by atoms with E-state index in [9.17, 15) is 0 Å². The minimum Gasteiger partial charge on any atom is -0.490 e. The van der Waals surface area contributed by atoms with Crippen molar-refractivity contribution in [3.05, 3.63) is 42.1 Å². The lowest BCUT2D eigenvalue weighted by Crippen LogP contribution is -2.41. The minimum absolute atomic E-state index is 0. The zero-order chi connectivity index (χ0) is 20.1. The van der Waals surface area contributed by atoms with Crippen LogP contribution >= 0.6 is 24.0 Å². The van der Waals surface area contributed by atoms with Crippen LogP contribution in [0.15, 0.2) is 41.5 Å². The second kappa shape index (κ2) is 10.7. The smallest absolute Gasteiger partial charge is 0.193 e. The monoisotopic (exact) mass is 525 g/mol. The fraction of sp³-hybridized carbons (Fsp3) is 0.429. The van der Waals surface area contributed by atoms with E-state index in [0.717, 1.165) is 54.7 Å². The Morgan fingerprint density at radius 2 is 2.03 bits per heavy atom. The van der Waals surface area contributed by atoms with Crippen LogP contribution < -0.4 is 25.4 Å². The Labute approximate surface area is 193 Å². The van der Waals surface area contributed by atoms with Crippen LogP contribution in [0.4, 0.5) is 11.5 Å². The molecule has 8 nitrogen and oxygen atoms in total. The van der Waals surface area contributed by atoms with Crippen LogP contribution in [0.25, 0.3) is 0 Å². The number of hydrogen-bond acceptors (Lipinski definition) is 6. The Bertz CT molecular complexity index is 862. The molecule has 0 saturated carbocycles. The highest BCUT2D eigenvalue weighted by Gasteiger charge is 2.17. The number of nitrogens with two attached hydrogens (primary N) is 1. The quantitative estimate of drug-likeness (QED) is 0.360. The second-order valence-corrected chi connectivity index (χ2v) is 7.19. The summed E-state index contributed by atoms with van der Waals surface area (Å²) in [6, 6.07) is 9.72. The van der Waals surface area contributed by atoms with E-state index >= 15 is 0 Å². The van der Waals surface area contributed by atoms with Crippen molar-refractivity contribution in [2.75, 3.05) is 43.1 Å². The SMILES string of the molecule is CC1CN(c2ccc(CN=C(N)Nc3ccc4c(c3)OCCCO4)cn2)CCO1.I. The van der Waals surface area contributed by atoms with Crippen LogP contribution in [0, 0.1) is 0 Å². The number of aliphatic imine (C=N–C) groups is 1. The molecule has 0 spiro atoms. The van der Waals surface area contributed by atoms with Gasteiger partial charge in [0.2, 0.25) is 0 Å². The van der Waals surface area contributed by atoms with Crippen molar-refractivity contribution in [3.8, 4) is 11.5 Å². The molecule has 0 amide bonds. The van der Waals surface area contributed by atoms with Gasteiger partial charge in [0, 0.05) is 37.5 Å². The molecule has 3 heterocycles. The summed E-state index contributed by atoms with van der Waals surface area (Å²) in [5, 5.41) is 3.10. The number of nitrogens with one attached hydrogen (secondary N) is 1. The average molecular weight is 525 g/mol. The molecular weight excluding hydrogens is 497 g/mol. The summed E-state index contributed by atoms with van der Waals surface area (Å²) in [7, 11) is 0. The first-order valence-corrected chi connectivity index (χ1v) is 9.95. The summed E-state index contributed by atoms with van der Waals surface area (Å²) in [5.41, 5.74) is 7.86. The number of ether oxygens (including phenoxy) is 3. The van der Waals surface area contributed by atoms with E-state index < -0.39 is 0 Å². The van der Waals surface area contributed by atoms with Crippen molar-refractivity contribution in [2.24, 2.45) is 10.7 Å². The van der Waals surface area contributed by atoms with Crippen molar-refractivity contribution >= 4 is 41.4 Å². The van der Waals surface area contributed by atoms with Crippen molar-refractivity contribution in [3.63, 3.8) is 0 Å². The maximum atomic E-state index is 6.05. The van der Waals surface area contributed by atoms with Gasteiger partial charge in [-0.2, -0.15) is 0 Å². The number of guanidine groups is 1.